The summed E-state index contributed by atoms with van der Waals surface area (Å²) in [6.45, 7) is 0. The Kier molecular flexibility index (Phi) is 2.04. The van der Waals surface area contributed by atoms with Crippen LogP contribution in [0.2, 0.25) is 0 Å². The van der Waals surface area contributed by atoms with E-state index in [1.54, 1.807) is 0 Å². The molecule has 0 unspecified atom stereocenters. The first-order valence-electron chi connectivity index (χ1n) is 5.78. The Morgan fingerprint density at radius 3 is 2.79 bits per heavy atom. The number of rotatable bonds is 0. The van der Waals surface area contributed by atoms with Gasteiger partial charge in [0.1, 0.15) is 0 Å². The van der Waals surface area contributed by atoms with Crippen molar-refractivity contribution in [3.05, 3.63) is 35.0 Å². The van der Waals surface area contributed by atoms with Crippen LogP contribution in [0.25, 0.3) is 0 Å². The van der Waals surface area contributed by atoms with Crippen molar-refractivity contribution in [2.45, 2.75) is 44.9 Å². The Balaban J connectivity index is 2.06. The van der Waals surface area contributed by atoms with Crippen LogP contribution in [0.4, 0.5) is 0 Å². The van der Waals surface area contributed by atoms with Gasteiger partial charge in [0.25, 0.3) is 0 Å². The Labute approximate surface area is 85.6 Å². The average molecular weight is 186 g/mol. The molecule has 1 radical (unpaired) electrons. The van der Waals surface area contributed by atoms with Crippen molar-refractivity contribution in [2.75, 3.05) is 0 Å². The molecule has 0 bridgehead atoms. The van der Waals surface area contributed by atoms with Gasteiger partial charge in [0.15, 0.2) is 0 Å². The van der Waals surface area contributed by atoms with Crippen molar-refractivity contribution in [2.24, 2.45) is 0 Å². The minimum Gasteiger partial charge on any atom is -0.257 e. The summed E-state index contributed by atoms with van der Waals surface area (Å²) in [6.07, 6.45) is 11.2. The van der Waals surface area contributed by atoms with Gasteiger partial charge in [0.05, 0.1) is 0 Å². The molecule has 0 saturated heterocycles. The third-order valence-corrected chi connectivity index (χ3v) is 3.40. The molecule has 0 fully saturated rings. The Morgan fingerprint density at radius 1 is 0.929 bits per heavy atom. The first-order valence-corrected chi connectivity index (χ1v) is 5.78. The molecule has 3 rings (SSSR count). The largest absolute Gasteiger partial charge is 0.257 e. The van der Waals surface area contributed by atoms with E-state index < -0.39 is 0 Å². The van der Waals surface area contributed by atoms with E-state index in [-0.39, 0.29) is 0 Å². The van der Waals surface area contributed by atoms with Gasteiger partial charge in [0, 0.05) is 17.8 Å². The second kappa shape index (κ2) is 3.38. The lowest BCUT2D eigenvalue weighted by molar-refractivity contribution is 0.654. The zero-order chi connectivity index (χ0) is 9.38. The predicted molar refractivity (Wildman–Crippen MR) is 57.2 cm³/mol. The smallest absolute Gasteiger partial charge is 0.0476 e. The Morgan fingerprint density at radius 2 is 1.79 bits per heavy atom. The Bertz CT molecular complexity index is 288. The van der Waals surface area contributed by atoms with Gasteiger partial charge >= 0.3 is 0 Å². The maximum atomic E-state index is 4.80. The molecule has 1 nitrogen and oxygen atoms in total. The van der Waals surface area contributed by atoms with E-state index in [9.17, 15) is 0 Å². The predicted octanol–water partition coefficient (Wildman–Crippen LogP) is 2.85. The minimum atomic E-state index is 1.20. The summed E-state index contributed by atoms with van der Waals surface area (Å²) < 4.78 is 0. The highest BCUT2D eigenvalue weighted by molar-refractivity contribution is 5.36. The van der Waals surface area contributed by atoms with E-state index in [2.05, 4.69) is 12.5 Å². The monoisotopic (exact) mass is 186 g/mol. The number of aryl methyl sites for hydroxylation is 3. The Hall–Kier alpha value is -0.850. The summed E-state index contributed by atoms with van der Waals surface area (Å²) in [5.74, 6) is 0. The molecule has 0 aliphatic heterocycles. The molecule has 0 amide bonds. The quantitative estimate of drug-likeness (QED) is 0.607. The van der Waals surface area contributed by atoms with Crippen LogP contribution in [0, 0.1) is 6.42 Å². The van der Waals surface area contributed by atoms with Crippen LogP contribution in [0.5, 0.6) is 0 Å². The van der Waals surface area contributed by atoms with Crippen molar-refractivity contribution in [3.63, 3.8) is 0 Å². The average Bonchev–Trinajstić information content (AvgIpc) is 2.26. The molecule has 14 heavy (non-hydrogen) atoms. The van der Waals surface area contributed by atoms with E-state index >= 15 is 0 Å². The molecule has 73 valence electrons. The molecule has 0 saturated carbocycles. The molecule has 0 spiro atoms. The van der Waals surface area contributed by atoms with Crippen LogP contribution in [0.1, 0.15) is 48.2 Å². The molecule has 1 heteroatoms. The number of nitrogens with zero attached hydrogens (tertiary/aromatic N) is 1. The second-order valence-corrected chi connectivity index (χ2v) is 4.44. The maximum Gasteiger partial charge on any atom is 0.0476 e. The van der Waals surface area contributed by atoms with Crippen molar-refractivity contribution in [3.8, 4) is 0 Å². The highest BCUT2D eigenvalue weighted by atomic mass is 14.7. The van der Waals surface area contributed by atoms with Crippen molar-refractivity contribution in [1.82, 2.24) is 4.98 Å². The summed E-state index contributed by atoms with van der Waals surface area (Å²) in [4.78, 5) is 4.80. The zero-order valence-electron chi connectivity index (χ0n) is 8.55. The molecule has 0 aromatic carbocycles. The molecule has 1 aromatic heterocycles. The highest BCUT2D eigenvalue weighted by Gasteiger charge is 2.16. The first-order chi connectivity index (χ1) is 6.93. The van der Waals surface area contributed by atoms with Gasteiger partial charge in [-0.15, -0.1) is 0 Å². The van der Waals surface area contributed by atoms with E-state index in [4.69, 9.17) is 4.98 Å². The lowest BCUT2D eigenvalue weighted by Crippen LogP contribution is -2.11. The van der Waals surface area contributed by atoms with Gasteiger partial charge < -0.3 is 0 Å². The second-order valence-electron chi connectivity index (χ2n) is 4.44. The van der Waals surface area contributed by atoms with Crippen molar-refractivity contribution < 1.29 is 0 Å². The topological polar surface area (TPSA) is 12.9 Å². The van der Waals surface area contributed by atoms with E-state index in [1.165, 1.54) is 67.5 Å². The summed E-state index contributed by atoms with van der Waals surface area (Å²) >= 11 is 0. The van der Waals surface area contributed by atoms with Crippen LogP contribution < -0.4 is 0 Å². The molecular weight excluding hydrogens is 170 g/mol. The maximum absolute atomic E-state index is 4.80. The van der Waals surface area contributed by atoms with Crippen LogP contribution in [0.3, 0.4) is 0 Å². The molecule has 0 N–H and O–H groups in total. The zero-order valence-corrected chi connectivity index (χ0v) is 8.55. The van der Waals surface area contributed by atoms with E-state index in [1.807, 2.05) is 0 Å². The minimum absolute atomic E-state index is 1.20. The van der Waals surface area contributed by atoms with Crippen LogP contribution >= 0.6 is 0 Å². The van der Waals surface area contributed by atoms with Gasteiger partial charge in [-0.05, 0) is 56.1 Å². The highest BCUT2D eigenvalue weighted by Crippen LogP contribution is 2.27. The van der Waals surface area contributed by atoms with Gasteiger partial charge in [-0.2, -0.15) is 0 Å². The number of fused-ring (bicyclic) bond motifs is 2. The van der Waals surface area contributed by atoms with Gasteiger partial charge in [0.2, 0.25) is 0 Å². The van der Waals surface area contributed by atoms with Crippen LogP contribution in [-0.2, 0) is 19.3 Å². The summed E-state index contributed by atoms with van der Waals surface area (Å²) in [5, 5.41) is 0. The SMILES string of the molecule is [CH]1CCCc2cc3c(nc21)CCCC3. The normalized spacial score (nSPS) is 20.0. The fraction of sp³-hybridized carbons (Fsp3) is 0.538. The van der Waals surface area contributed by atoms with Gasteiger partial charge in [-0.1, -0.05) is 6.07 Å². The summed E-state index contributed by atoms with van der Waals surface area (Å²) in [7, 11) is 0. The summed E-state index contributed by atoms with van der Waals surface area (Å²) in [5.41, 5.74) is 5.70. The fourth-order valence-electron chi connectivity index (χ4n) is 2.61. The molecule has 2 aliphatic carbocycles. The molecule has 0 atom stereocenters. The molecule has 1 aromatic rings. The van der Waals surface area contributed by atoms with Crippen LogP contribution in [0.15, 0.2) is 6.07 Å². The third kappa shape index (κ3) is 1.35. The van der Waals surface area contributed by atoms with Crippen molar-refractivity contribution in [1.29, 1.82) is 0 Å². The van der Waals surface area contributed by atoms with Gasteiger partial charge in [-0.3, -0.25) is 4.98 Å². The summed E-state index contributed by atoms with van der Waals surface area (Å²) in [6, 6.07) is 2.42. The molecule has 2 aliphatic rings. The lowest BCUT2D eigenvalue weighted by atomic mass is 9.89. The van der Waals surface area contributed by atoms with Crippen molar-refractivity contribution >= 4 is 0 Å². The first kappa shape index (κ1) is 8.46. The van der Waals surface area contributed by atoms with E-state index in [0.29, 0.717) is 0 Å². The lowest BCUT2D eigenvalue weighted by Gasteiger charge is -2.21. The third-order valence-electron chi connectivity index (χ3n) is 3.40. The van der Waals surface area contributed by atoms with Crippen LogP contribution in [-0.4, -0.2) is 4.98 Å². The number of aromatic nitrogens is 1. The molecule has 1 heterocycles. The molecular formula is C13H16N. The number of hydrogen-bond acceptors (Lipinski definition) is 1. The standard InChI is InChI=1S/C13H16N/c1-3-7-12-10(5-1)9-11-6-2-4-8-13(11)14-12/h7,9H,1-6,8H2. The number of pyridine rings is 1. The van der Waals surface area contributed by atoms with Gasteiger partial charge in [-0.25, -0.2) is 0 Å². The number of hydrogen-bond donors (Lipinski definition) is 0. The fourth-order valence-corrected chi connectivity index (χ4v) is 2.61. The van der Waals surface area contributed by atoms with E-state index in [0.717, 1.165) is 0 Å².